The van der Waals surface area contributed by atoms with Crippen molar-refractivity contribution in [2.75, 3.05) is 11.5 Å². The topological polar surface area (TPSA) is 52.0 Å². The molecule has 2 atom stereocenters. The number of benzene rings is 4. The van der Waals surface area contributed by atoms with Gasteiger partial charge in [0.25, 0.3) is 0 Å². The summed E-state index contributed by atoms with van der Waals surface area (Å²) in [6, 6.07) is 35.5. The first-order valence-electron chi connectivity index (χ1n) is 20.0. The Balaban J connectivity index is 0.929. The Kier molecular flexibility index (Phi) is 17.4. The standard InChI is InChI=1S/C47H66N2/c1-3-46(42-30-34-44(48)35-31-42)40-26-22-38(23-27-40)20-18-16-14-12-10-8-6-5-7-9-11-13-15-17-19-21-39-24-28-41(29-25-39)47(4-2)43-32-36-45(49)37-33-43/h22-37,46-47H,3-21,48-49H2,1-2H3. The van der Waals surface area contributed by atoms with Crippen LogP contribution in [0.4, 0.5) is 11.4 Å². The van der Waals surface area contributed by atoms with Crippen LogP contribution in [-0.4, -0.2) is 0 Å². The monoisotopic (exact) mass is 659 g/mol. The summed E-state index contributed by atoms with van der Waals surface area (Å²) in [4.78, 5) is 0. The van der Waals surface area contributed by atoms with Gasteiger partial charge in [-0.3, -0.25) is 0 Å². The Morgan fingerprint density at radius 2 is 0.551 bits per heavy atom. The molecule has 0 fully saturated rings. The van der Waals surface area contributed by atoms with E-state index < -0.39 is 0 Å². The molecule has 0 amide bonds. The van der Waals surface area contributed by atoms with Crippen LogP contribution in [0.3, 0.4) is 0 Å². The van der Waals surface area contributed by atoms with E-state index in [0.29, 0.717) is 11.8 Å². The van der Waals surface area contributed by atoms with E-state index in [4.69, 9.17) is 11.5 Å². The van der Waals surface area contributed by atoms with Crippen LogP contribution in [0.2, 0.25) is 0 Å². The van der Waals surface area contributed by atoms with Gasteiger partial charge in [-0.25, -0.2) is 0 Å². The third-order valence-corrected chi connectivity index (χ3v) is 10.7. The lowest BCUT2D eigenvalue weighted by molar-refractivity contribution is 0.530. The SMILES string of the molecule is CCC(c1ccc(N)cc1)c1ccc(CCCCCCCCCCCCCCCCCc2ccc(C(CC)c3ccc(N)cc3)cc2)cc1. The minimum atomic E-state index is 0.451. The van der Waals surface area contributed by atoms with Gasteiger partial charge in [-0.1, -0.05) is 170 Å². The van der Waals surface area contributed by atoms with E-state index in [1.165, 1.54) is 143 Å². The number of nitrogens with two attached hydrogens (primary N) is 2. The number of rotatable bonds is 24. The first-order valence-corrected chi connectivity index (χ1v) is 20.0. The summed E-state index contributed by atoms with van der Waals surface area (Å²) in [7, 11) is 0. The average Bonchev–Trinajstić information content (AvgIpc) is 3.13. The zero-order valence-corrected chi connectivity index (χ0v) is 31.0. The molecule has 0 bridgehead atoms. The smallest absolute Gasteiger partial charge is 0.0314 e. The van der Waals surface area contributed by atoms with E-state index in [1.54, 1.807) is 0 Å². The average molecular weight is 659 g/mol. The van der Waals surface area contributed by atoms with Crippen molar-refractivity contribution in [1.82, 2.24) is 0 Å². The summed E-state index contributed by atoms with van der Waals surface area (Å²) >= 11 is 0. The molecule has 4 aromatic rings. The summed E-state index contributed by atoms with van der Waals surface area (Å²) < 4.78 is 0. The summed E-state index contributed by atoms with van der Waals surface area (Å²) in [6.45, 7) is 4.54. The van der Waals surface area contributed by atoms with Crippen LogP contribution in [0.25, 0.3) is 0 Å². The lowest BCUT2D eigenvalue weighted by Gasteiger charge is -2.17. The fraction of sp³-hybridized carbons (Fsp3) is 0.489. The molecule has 264 valence electrons. The summed E-state index contributed by atoms with van der Waals surface area (Å²) in [5.41, 5.74) is 22.0. The van der Waals surface area contributed by atoms with Gasteiger partial charge < -0.3 is 11.5 Å². The molecule has 4 aromatic carbocycles. The molecule has 0 aliphatic heterocycles. The van der Waals surface area contributed by atoms with Gasteiger partial charge in [0.05, 0.1) is 0 Å². The Hall–Kier alpha value is -3.52. The predicted molar refractivity (Wildman–Crippen MR) is 216 cm³/mol. The van der Waals surface area contributed by atoms with Crippen LogP contribution in [0.15, 0.2) is 97.1 Å². The Morgan fingerprint density at radius 3 is 0.796 bits per heavy atom. The van der Waals surface area contributed by atoms with E-state index in [0.717, 1.165) is 24.2 Å². The number of hydrogen-bond donors (Lipinski definition) is 2. The van der Waals surface area contributed by atoms with Gasteiger partial charge in [-0.05, 0) is 96.2 Å². The van der Waals surface area contributed by atoms with Gasteiger partial charge in [-0.15, -0.1) is 0 Å². The lowest BCUT2D eigenvalue weighted by Crippen LogP contribution is -2.00. The van der Waals surface area contributed by atoms with Crippen LogP contribution in [0.1, 0.15) is 168 Å². The maximum absolute atomic E-state index is 5.89. The van der Waals surface area contributed by atoms with Gasteiger partial charge in [0.2, 0.25) is 0 Å². The largest absolute Gasteiger partial charge is 0.399 e. The van der Waals surface area contributed by atoms with Crippen molar-refractivity contribution in [1.29, 1.82) is 0 Å². The van der Waals surface area contributed by atoms with E-state index in [-0.39, 0.29) is 0 Å². The highest BCUT2D eigenvalue weighted by Crippen LogP contribution is 2.30. The van der Waals surface area contributed by atoms with Gasteiger partial charge in [0.15, 0.2) is 0 Å². The number of hydrogen-bond acceptors (Lipinski definition) is 2. The van der Waals surface area contributed by atoms with Gasteiger partial charge >= 0.3 is 0 Å². The third-order valence-electron chi connectivity index (χ3n) is 10.7. The fourth-order valence-corrected chi connectivity index (χ4v) is 7.57. The van der Waals surface area contributed by atoms with E-state index in [1.807, 2.05) is 24.3 Å². The molecule has 0 aromatic heterocycles. The van der Waals surface area contributed by atoms with Crippen LogP contribution < -0.4 is 11.5 Å². The lowest BCUT2D eigenvalue weighted by atomic mass is 9.88. The van der Waals surface area contributed by atoms with E-state index in [2.05, 4.69) is 86.6 Å². The summed E-state index contributed by atoms with van der Waals surface area (Å²) in [5, 5.41) is 0. The van der Waals surface area contributed by atoms with Crippen LogP contribution in [0.5, 0.6) is 0 Å². The molecule has 4 N–H and O–H groups in total. The molecule has 2 nitrogen and oxygen atoms in total. The van der Waals surface area contributed by atoms with Crippen molar-refractivity contribution < 1.29 is 0 Å². The molecule has 4 rings (SSSR count). The minimum absolute atomic E-state index is 0.451. The van der Waals surface area contributed by atoms with Crippen LogP contribution in [0, 0.1) is 0 Å². The quantitative estimate of drug-likeness (QED) is 0.0581. The molecule has 2 unspecified atom stereocenters. The molecule has 0 saturated heterocycles. The Bertz CT molecular complexity index is 1290. The molecule has 0 spiro atoms. The second kappa shape index (κ2) is 22.2. The summed E-state index contributed by atoms with van der Waals surface area (Å²) in [5.74, 6) is 0.903. The highest BCUT2D eigenvalue weighted by Gasteiger charge is 2.13. The van der Waals surface area contributed by atoms with Crippen molar-refractivity contribution in [3.63, 3.8) is 0 Å². The third kappa shape index (κ3) is 13.7. The predicted octanol–water partition coefficient (Wildman–Crippen LogP) is 13.6. The van der Waals surface area contributed by atoms with Gasteiger partial charge in [-0.2, -0.15) is 0 Å². The van der Waals surface area contributed by atoms with Crippen LogP contribution >= 0.6 is 0 Å². The molecule has 0 radical (unpaired) electrons. The second-order valence-electron chi connectivity index (χ2n) is 14.5. The maximum atomic E-state index is 5.89. The van der Waals surface area contributed by atoms with Crippen LogP contribution in [-0.2, 0) is 12.8 Å². The number of aryl methyl sites for hydroxylation is 2. The molecular formula is C47H66N2. The number of nitrogen functional groups attached to an aromatic ring is 2. The maximum Gasteiger partial charge on any atom is 0.0314 e. The highest BCUT2D eigenvalue weighted by atomic mass is 14.5. The first kappa shape index (κ1) is 38.3. The van der Waals surface area contributed by atoms with E-state index in [9.17, 15) is 0 Å². The minimum Gasteiger partial charge on any atom is -0.399 e. The molecule has 0 aliphatic carbocycles. The zero-order valence-electron chi connectivity index (χ0n) is 31.0. The highest BCUT2D eigenvalue weighted by molar-refractivity contribution is 5.44. The van der Waals surface area contributed by atoms with Crippen molar-refractivity contribution >= 4 is 11.4 Å². The Labute approximate surface area is 300 Å². The fourth-order valence-electron chi connectivity index (χ4n) is 7.57. The normalized spacial score (nSPS) is 12.6. The zero-order chi connectivity index (χ0) is 34.5. The molecule has 0 heterocycles. The van der Waals surface area contributed by atoms with Crippen molar-refractivity contribution in [3.8, 4) is 0 Å². The molecular weight excluding hydrogens is 593 g/mol. The first-order chi connectivity index (χ1) is 24.1. The van der Waals surface area contributed by atoms with E-state index >= 15 is 0 Å². The van der Waals surface area contributed by atoms with Gasteiger partial charge in [0.1, 0.15) is 0 Å². The molecule has 2 heteroatoms. The molecule has 0 saturated carbocycles. The van der Waals surface area contributed by atoms with Crippen molar-refractivity contribution in [3.05, 3.63) is 130 Å². The second-order valence-corrected chi connectivity index (χ2v) is 14.5. The van der Waals surface area contributed by atoms with Crippen molar-refractivity contribution in [2.45, 2.75) is 148 Å². The summed E-state index contributed by atoms with van der Waals surface area (Å²) in [6.07, 6.45) is 25.6. The number of unbranched alkanes of at least 4 members (excludes halogenated alkanes) is 14. The van der Waals surface area contributed by atoms with Crippen molar-refractivity contribution in [2.24, 2.45) is 0 Å². The Morgan fingerprint density at radius 1 is 0.327 bits per heavy atom. The number of anilines is 2. The van der Waals surface area contributed by atoms with Gasteiger partial charge in [0, 0.05) is 23.2 Å². The molecule has 0 aliphatic rings. The molecule has 49 heavy (non-hydrogen) atoms.